The number of likely N-dealkylation sites (tertiary alicyclic amines) is 1. The summed E-state index contributed by atoms with van der Waals surface area (Å²) < 4.78 is 21.0. The Morgan fingerprint density at radius 1 is 0.986 bits per heavy atom. The molecule has 17 heteroatoms. The van der Waals surface area contributed by atoms with Gasteiger partial charge in [-0.3, -0.25) is 39.2 Å². The molecule has 0 unspecified atom stereocenters. The second kappa shape index (κ2) is 19.9. The van der Waals surface area contributed by atoms with Gasteiger partial charge in [-0.1, -0.05) is 32.9 Å². The summed E-state index contributed by atoms with van der Waals surface area (Å²) >= 11 is 0. The van der Waals surface area contributed by atoms with E-state index in [0.29, 0.717) is 63.1 Å². The fourth-order valence-corrected chi connectivity index (χ4v) is 12.1. The van der Waals surface area contributed by atoms with Gasteiger partial charge in [-0.15, -0.1) is 0 Å². The van der Waals surface area contributed by atoms with Crippen molar-refractivity contribution in [1.82, 2.24) is 45.1 Å². The van der Waals surface area contributed by atoms with Crippen molar-refractivity contribution in [3.05, 3.63) is 84.0 Å². The number of carbonyl (C=O) groups excluding carboxylic acids is 3. The number of methoxy groups -OCH3 is 1. The number of hydrogen-bond acceptors (Lipinski definition) is 14. The maximum absolute atomic E-state index is 15.2. The van der Waals surface area contributed by atoms with Crippen LogP contribution in [0.3, 0.4) is 0 Å². The van der Waals surface area contributed by atoms with Crippen molar-refractivity contribution < 1.29 is 33.4 Å². The number of nitrogens with one attached hydrogen (secondary N) is 2. The summed E-state index contributed by atoms with van der Waals surface area (Å²) in [5.41, 5.74) is 10.6. The van der Waals surface area contributed by atoms with E-state index in [2.05, 4.69) is 67.0 Å². The lowest BCUT2D eigenvalue weighted by Gasteiger charge is -2.38. The van der Waals surface area contributed by atoms with Gasteiger partial charge in [0.15, 0.2) is 0 Å². The highest BCUT2D eigenvalue weighted by molar-refractivity contribution is 5.96. The number of aliphatic hydroxyl groups excluding tert-OH is 1. The molecule has 2 aliphatic carbocycles. The van der Waals surface area contributed by atoms with E-state index in [1.54, 1.807) is 19.6 Å². The molecule has 17 nitrogen and oxygen atoms in total. The Labute approximate surface area is 421 Å². The first kappa shape index (κ1) is 48.5. The molecule has 72 heavy (non-hydrogen) atoms. The number of hydrazine groups is 1. The van der Waals surface area contributed by atoms with Gasteiger partial charge in [0.25, 0.3) is 5.91 Å². The van der Waals surface area contributed by atoms with Gasteiger partial charge in [0, 0.05) is 104 Å². The zero-order valence-electron chi connectivity index (χ0n) is 42.4. The lowest BCUT2D eigenvalue weighted by molar-refractivity contribution is -0.156. The van der Waals surface area contributed by atoms with Crippen molar-refractivity contribution in [2.24, 2.45) is 17.3 Å². The van der Waals surface area contributed by atoms with Crippen LogP contribution in [0.15, 0.2) is 65.5 Å². The van der Waals surface area contributed by atoms with Crippen molar-refractivity contribution in [2.75, 3.05) is 71.0 Å². The minimum atomic E-state index is -1.10. The van der Waals surface area contributed by atoms with Crippen LogP contribution in [0.1, 0.15) is 107 Å². The lowest BCUT2D eigenvalue weighted by atomic mass is 9.84. The van der Waals surface area contributed by atoms with Crippen LogP contribution in [0, 0.1) is 17.3 Å². The molecule has 4 aliphatic heterocycles. The highest BCUT2D eigenvalue weighted by Crippen LogP contribution is 2.53. The monoisotopic (exact) mass is 983 g/mol. The first-order valence-electron chi connectivity index (χ1n) is 26.3. The number of fused-ring (bicyclic) bond motifs is 6. The van der Waals surface area contributed by atoms with E-state index in [1.807, 2.05) is 44.3 Å². The van der Waals surface area contributed by atoms with E-state index >= 15 is 4.79 Å². The molecule has 2 amide bonds. The van der Waals surface area contributed by atoms with E-state index in [1.165, 1.54) is 17.9 Å². The first-order valence-corrected chi connectivity index (χ1v) is 26.3. The number of piperazine rings is 1. The molecular formula is C55H70N10O7. The predicted octanol–water partition coefficient (Wildman–Crippen LogP) is 6.03. The fourth-order valence-electron chi connectivity index (χ4n) is 12.1. The van der Waals surface area contributed by atoms with E-state index in [0.717, 1.165) is 89.4 Å². The molecule has 0 spiro atoms. The van der Waals surface area contributed by atoms with Crippen molar-refractivity contribution in [3.63, 3.8) is 0 Å². The molecule has 4 aromatic heterocycles. The van der Waals surface area contributed by atoms with E-state index < -0.39 is 29.5 Å². The number of ether oxygens (including phenoxy) is 2. The van der Waals surface area contributed by atoms with Crippen LogP contribution >= 0.6 is 0 Å². The van der Waals surface area contributed by atoms with Gasteiger partial charge >= 0.3 is 5.97 Å². The van der Waals surface area contributed by atoms with Crippen molar-refractivity contribution in [2.45, 2.75) is 115 Å². The summed E-state index contributed by atoms with van der Waals surface area (Å²) in [6, 6.07) is 12.3. The Balaban J connectivity index is 1.04. The first-order chi connectivity index (χ1) is 34.9. The molecule has 7 atom stereocenters. The van der Waals surface area contributed by atoms with Gasteiger partial charge in [0.05, 0.1) is 42.6 Å². The Kier molecular flexibility index (Phi) is 13.4. The summed E-state index contributed by atoms with van der Waals surface area (Å²) in [7, 11) is 1.70. The molecule has 1 aromatic carbocycles. The molecule has 11 rings (SSSR count). The third-order valence-corrected chi connectivity index (χ3v) is 16.3. The summed E-state index contributed by atoms with van der Waals surface area (Å²) in [6.07, 6.45) is 11.0. The topological polar surface area (TPSA) is 184 Å². The number of oxazole rings is 1. The van der Waals surface area contributed by atoms with Crippen molar-refractivity contribution in [1.29, 1.82) is 0 Å². The number of hydrogen-bond donors (Lipinski definition) is 3. The average molecular weight is 983 g/mol. The summed E-state index contributed by atoms with van der Waals surface area (Å²) in [4.78, 5) is 66.2. The minimum absolute atomic E-state index is 0.0276. The smallest absolute Gasteiger partial charge is 0.324 e. The van der Waals surface area contributed by atoms with Crippen LogP contribution < -0.4 is 15.6 Å². The Hall–Kier alpha value is -5.72. The van der Waals surface area contributed by atoms with Gasteiger partial charge in [-0.2, -0.15) is 0 Å². The van der Waals surface area contributed by atoms with Gasteiger partial charge < -0.3 is 33.8 Å². The number of pyridine rings is 2. The largest absolute Gasteiger partial charge is 0.464 e. The minimum Gasteiger partial charge on any atom is -0.464 e. The molecule has 382 valence electrons. The molecule has 6 bridgehead atoms. The van der Waals surface area contributed by atoms with Crippen LogP contribution in [0.2, 0.25) is 0 Å². The van der Waals surface area contributed by atoms with Crippen molar-refractivity contribution >= 4 is 34.4 Å². The molecule has 0 radical (unpaired) electrons. The number of rotatable bonds is 11. The molecular weight excluding hydrogens is 913 g/mol. The summed E-state index contributed by atoms with van der Waals surface area (Å²) in [5.74, 6) is -1.15. The number of anilines is 1. The summed E-state index contributed by atoms with van der Waals surface area (Å²) in [6.45, 7) is 14.1. The molecule has 3 N–H and O–H groups in total. The SMILES string of the molecule is CO[C@@H](C)c1ncc(N2CCN(C3CC3)CC2)cc1-c1c2c3cc(ccc3n1CCO)-c1coc(n1)[C@@H](N1CCCC1)[C@H](NC(=O)[C@@H]1[C@@H](C)[C@H]1c1ccccn1)C(=O)N1CCC[C@H](N1)C(=O)OCC(C)(C)C2. The Morgan fingerprint density at radius 2 is 1.79 bits per heavy atom. The second-order valence-electron chi connectivity index (χ2n) is 21.9. The average Bonchev–Trinajstić information content (AvgIpc) is 4.18. The van der Waals surface area contributed by atoms with Crippen LogP contribution in [-0.4, -0.2) is 141 Å². The number of aromatic nitrogens is 4. The zero-order chi connectivity index (χ0) is 49.8. The maximum Gasteiger partial charge on any atom is 0.324 e. The van der Waals surface area contributed by atoms with E-state index in [-0.39, 0.29) is 48.9 Å². The predicted molar refractivity (Wildman–Crippen MR) is 271 cm³/mol. The highest BCUT2D eigenvalue weighted by Gasteiger charge is 2.55. The van der Waals surface area contributed by atoms with Crippen molar-refractivity contribution in [3.8, 4) is 22.5 Å². The third kappa shape index (κ3) is 9.42. The number of cyclic esters (lactones) is 1. The third-order valence-electron chi connectivity index (χ3n) is 16.3. The van der Waals surface area contributed by atoms with E-state index in [9.17, 15) is 14.7 Å². The Morgan fingerprint density at radius 3 is 2.53 bits per heavy atom. The van der Waals surface area contributed by atoms with Crippen LogP contribution in [0.25, 0.3) is 33.4 Å². The highest BCUT2D eigenvalue weighted by atomic mass is 16.5. The molecule has 6 aliphatic rings. The number of carbonyl (C=O) groups is 3. The number of aliphatic hydroxyl groups is 1. The number of amides is 2. The molecule has 3 saturated heterocycles. The molecule has 5 fully saturated rings. The van der Waals surface area contributed by atoms with Crippen LogP contribution in [0.4, 0.5) is 5.69 Å². The molecule has 8 heterocycles. The maximum atomic E-state index is 15.2. The van der Waals surface area contributed by atoms with Crippen LogP contribution in [-0.2, 0) is 36.8 Å². The van der Waals surface area contributed by atoms with Gasteiger partial charge in [0.2, 0.25) is 11.8 Å². The molecule has 2 saturated carbocycles. The number of benzene rings is 1. The normalized spacial score (nSPS) is 26.6. The standard InChI is InChI=1S/C55H70N10O7/c1-33-45(41-11-6-7-17-56-41)46(33)51(67)59-48-50(63-18-8-9-19-63)52-58-43(31-71-52)35-13-16-44-38(27-35)40(29-55(3,4)32-72-54(69)42-12-10-20-65(60-42)53(48)68)49(64(44)25-26-66)39-28-37(30-57-47(39)34(2)70-5)62-23-21-61(22-24-62)36-14-15-36/h6-7,11,13,16-17,27-28,30-31,33-34,36,42,45-46,48,50,60,66H,8-10,12,14-15,18-26,29,32H2,1-5H3,(H,59,67)/t33-,34-,42-,45-,46+,48-,50-/m0/s1. The number of nitrogens with zero attached hydrogens (tertiary/aromatic N) is 8. The van der Waals surface area contributed by atoms with Gasteiger partial charge in [-0.25, -0.2) is 10.4 Å². The van der Waals surface area contributed by atoms with Crippen LogP contribution in [0.5, 0.6) is 0 Å². The Bertz CT molecular complexity index is 2790. The quantitative estimate of drug-likeness (QED) is 0.131. The second-order valence-corrected chi connectivity index (χ2v) is 21.9. The zero-order valence-corrected chi connectivity index (χ0v) is 42.4. The lowest BCUT2D eigenvalue weighted by Crippen LogP contribution is -2.62. The van der Waals surface area contributed by atoms with Gasteiger partial charge in [-0.05, 0) is 107 Å². The molecule has 5 aromatic rings. The van der Waals surface area contributed by atoms with E-state index in [4.69, 9.17) is 23.9 Å². The fraction of sp³-hybridized carbons (Fsp3) is 0.564. The number of esters is 1. The van der Waals surface area contributed by atoms with Gasteiger partial charge in [0.1, 0.15) is 30.1 Å². The summed E-state index contributed by atoms with van der Waals surface area (Å²) in [5, 5.41) is 16.5.